The van der Waals surface area contributed by atoms with Crippen molar-refractivity contribution < 1.29 is 4.74 Å². The van der Waals surface area contributed by atoms with Gasteiger partial charge in [-0.2, -0.15) is 0 Å². The summed E-state index contributed by atoms with van der Waals surface area (Å²) in [5.74, 6) is 1.31. The van der Waals surface area contributed by atoms with Crippen LogP contribution in [0.2, 0.25) is 0 Å². The first kappa shape index (κ1) is 15.1. The molecule has 0 unspecified atom stereocenters. The van der Waals surface area contributed by atoms with E-state index in [4.69, 9.17) is 10.5 Å². The third-order valence-corrected chi connectivity index (χ3v) is 2.74. The summed E-state index contributed by atoms with van der Waals surface area (Å²) >= 11 is 0. The number of aryl methyl sites for hydroxylation is 1. The van der Waals surface area contributed by atoms with Gasteiger partial charge >= 0.3 is 0 Å². The van der Waals surface area contributed by atoms with Crippen LogP contribution in [0, 0.1) is 6.92 Å². The third-order valence-electron chi connectivity index (χ3n) is 2.74. The monoisotopic (exact) mass is 276 g/mol. The molecule has 0 spiro atoms. The van der Waals surface area contributed by atoms with Crippen LogP contribution in [0.3, 0.4) is 0 Å². The summed E-state index contributed by atoms with van der Waals surface area (Å²) in [6.45, 7) is 2.01. The summed E-state index contributed by atoms with van der Waals surface area (Å²) < 4.78 is 5.11. The molecule has 0 aromatic heterocycles. The van der Waals surface area contributed by atoms with Crippen molar-refractivity contribution in [2.24, 2.45) is 10.7 Å². The Morgan fingerprint density at radius 1 is 1.05 bits per heavy atom. The van der Waals surface area contributed by atoms with E-state index in [1.165, 1.54) is 0 Å². The number of halogens is 1. The van der Waals surface area contributed by atoms with Gasteiger partial charge in [0.1, 0.15) is 11.6 Å². The first-order chi connectivity index (χ1) is 8.70. The van der Waals surface area contributed by atoms with Crippen LogP contribution in [0.4, 0.5) is 5.69 Å². The standard InChI is InChI=1S/C15H16N2O.ClH/c1-11-5-3-4-6-14(11)17-15(16)12-7-9-13(18-2)10-8-12;/h3-10H,1-2H3,(H2,16,17);1H. The van der Waals surface area contributed by atoms with Gasteiger partial charge < -0.3 is 10.5 Å². The predicted octanol–water partition coefficient (Wildman–Crippen LogP) is 3.46. The number of amidine groups is 1. The van der Waals surface area contributed by atoms with Gasteiger partial charge in [0.15, 0.2) is 0 Å². The van der Waals surface area contributed by atoms with Gasteiger partial charge in [0.05, 0.1) is 12.8 Å². The molecule has 0 radical (unpaired) electrons. The van der Waals surface area contributed by atoms with Crippen LogP contribution in [0.1, 0.15) is 11.1 Å². The molecule has 2 aromatic rings. The van der Waals surface area contributed by atoms with Crippen LogP contribution in [0.5, 0.6) is 5.75 Å². The highest BCUT2D eigenvalue weighted by atomic mass is 35.5. The summed E-state index contributed by atoms with van der Waals surface area (Å²) in [5, 5.41) is 0. The highest BCUT2D eigenvalue weighted by Crippen LogP contribution is 2.18. The Bertz CT molecular complexity index is 565. The molecule has 2 rings (SSSR count). The Balaban J connectivity index is 0.00000180. The second kappa shape index (κ2) is 6.81. The fourth-order valence-electron chi connectivity index (χ4n) is 1.64. The van der Waals surface area contributed by atoms with Crippen LogP contribution in [0.15, 0.2) is 53.5 Å². The van der Waals surface area contributed by atoms with E-state index in [-0.39, 0.29) is 12.4 Å². The number of hydrogen-bond acceptors (Lipinski definition) is 2. The molecule has 0 aliphatic carbocycles. The van der Waals surface area contributed by atoms with Crippen molar-refractivity contribution in [2.45, 2.75) is 6.92 Å². The van der Waals surface area contributed by atoms with E-state index in [1.807, 2.05) is 55.5 Å². The molecule has 2 N–H and O–H groups in total. The van der Waals surface area contributed by atoms with Gasteiger partial charge in [-0.1, -0.05) is 18.2 Å². The number of rotatable bonds is 3. The summed E-state index contributed by atoms with van der Waals surface area (Å²) in [5.41, 5.74) is 8.88. The molecular weight excluding hydrogens is 260 g/mol. The first-order valence-corrected chi connectivity index (χ1v) is 5.75. The molecule has 0 bridgehead atoms. The molecule has 0 fully saturated rings. The third kappa shape index (κ3) is 3.73. The number of nitrogens with zero attached hydrogens (tertiary/aromatic N) is 1. The fraction of sp³-hybridized carbons (Fsp3) is 0.133. The van der Waals surface area contributed by atoms with Gasteiger partial charge in [-0.05, 0) is 42.8 Å². The van der Waals surface area contributed by atoms with Gasteiger partial charge in [0.2, 0.25) is 0 Å². The van der Waals surface area contributed by atoms with Crippen molar-refractivity contribution in [3.8, 4) is 5.75 Å². The molecule has 0 heterocycles. The van der Waals surface area contributed by atoms with Gasteiger partial charge in [0, 0.05) is 5.56 Å². The molecule has 0 amide bonds. The summed E-state index contributed by atoms with van der Waals surface area (Å²) in [6.07, 6.45) is 0. The van der Waals surface area contributed by atoms with Crippen LogP contribution in [-0.4, -0.2) is 12.9 Å². The lowest BCUT2D eigenvalue weighted by atomic mass is 10.2. The van der Waals surface area contributed by atoms with E-state index in [2.05, 4.69) is 4.99 Å². The lowest BCUT2D eigenvalue weighted by Crippen LogP contribution is -2.12. The van der Waals surface area contributed by atoms with E-state index in [0.717, 1.165) is 22.6 Å². The average Bonchev–Trinajstić information content (AvgIpc) is 2.41. The minimum Gasteiger partial charge on any atom is -0.497 e. The average molecular weight is 277 g/mol. The molecule has 3 nitrogen and oxygen atoms in total. The SMILES string of the molecule is COc1ccc(C(N)=Nc2ccccc2C)cc1.Cl. The highest BCUT2D eigenvalue weighted by Gasteiger charge is 2.01. The number of nitrogens with two attached hydrogens (primary N) is 1. The maximum Gasteiger partial charge on any atom is 0.131 e. The van der Waals surface area contributed by atoms with E-state index in [9.17, 15) is 0 Å². The molecule has 0 atom stereocenters. The van der Waals surface area contributed by atoms with E-state index < -0.39 is 0 Å². The molecule has 0 aliphatic heterocycles. The zero-order valence-corrected chi connectivity index (χ0v) is 11.8. The molecule has 100 valence electrons. The van der Waals surface area contributed by atoms with E-state index >= 15 is 0 Å². The van der Waals surface area contributed by atoms with Crippen molar-refractivity contribution in [3.63, 3.8) is 0 Å². The first-order valence-electron chi connectivity index (χ1n) is 5.75. The molecule has 19 heavy (non-hydrogen) atoms. The Kier molecular flexibility index (Phi) is 5.39. The number of ether oxygens (including phenoxy) is 1. The van der Waals surface area contributed by atoms with Crippen LogP contribution < -0.4 is 10.5 Å². The van der Waals surface area contributed by atoms with E-state index in [0.29, 0.717) is 5.84 Å². The van der Waals surface area contributed by atoms with Crippen LogP contribution in [-0.2, 0) is 0 Å². The normalized spacial score (nSPS) is 10.7. The van der Waals surface area contributed by atoms with E-state index in [1.54, 1.807) is 7.11 Å². The quantitative estimate of drug-likeness (QED) is 0.689. The number of methoxy groups -OCH3 is 1. The number of benzene rings is 2. The number of aliphatic imine (C=N–C) groups is 1. The summed E-state index contributed by atoms with van der Waals surface area (Å²) in [7, 11) is 1.64. The van der Waals surface area contributed by atoms with Crippen molar-refractivity contribution in [1.29, 1.82) is 0 Å². The lowest BCUT2D eigenvalue weighted by molar-refractivity contribution is 0.415. The lowest BCUT2D eigenvalue weighted by Gasteiger charge is -2.04. The fourth-order valence-corrected chi connectivity index (χ4v) is 1.64. The largest absolute Gasteiger partial charge is 0.497 e. The second-order valence-electron chi connectivity index (χ2n) is 4.01. The predicted molar refractivity (Wildman–Crippen MR) is 81.8 cm³/mol. The van der Waals surface area contributed by atoms with Crippen molar-refractivity contribution in [3.05, 3.63) is 59.7 Å². The molecular formula is C15H17ClN2O. The molecule has 4 heteroatoms. The second-order valence-corrected chi connectivity index (χ2v) is 4.01. The summed E-state index contributed by atoms with van der Waals surface area (Å²) in [4.78, 5) is 4.44. The minimum atomic E-state index is 0. The zero-order chi connectivity index (χ0) is 13.0. The van der Waals surface area contributed by atoms with Crippen LogP contribution >= 0.6 is 12.4 Å². The number of para-hydroxylation sites is 1. The van der Waals surface area contributed by atoms with Gasteiger partial charge in [-0.25, -0.2) is 4.99 Å². The smallest absolute Gasteiger partial charge is 0.131 e. The van der Waals surface area contributed by atoms with Gasteiger partial charge in [-0.15, -0.1) is 12.4 Å². The van der Waals surface area contributed by atoms with Crippen LogP contribution in [0.25, 0.3) is 0 Å². The maximum atomic E-state index is 6.00. The Morgan fingerprint density at radius 2 is 1.68 bits per heavy atom. The molecule has 0 aliphatic rings. The highest BCUT2D eigenvalue weighted by molar-refractivity contribution is 5.99. The van der Waals surface area contributed by atoms with Crippen molar-refractivity contribution in [1.82, 2.24) is 0 Å². The summed E-state index contributed by atoms with van der Waals surface area (Å²) in [6, 6.07) is 15.4. The molecule has 0 saturated carbocycles. The Hall–Kier alpha value is -2.00. The van der Waals surface area contributed by atoms with Crippen molar-refractivity contribution in [2.75, 3.05) is 7.11 Å². The van der Waals surface area contributed by atoms with Gasteiger partial charge in [0.25, 0.3) is 0 Å². The topological polar surface area (TPSA) is 47.6 Å². The van der Waals surface area contributed by atoms with Crippen molar-refractivity contribution >= 4 is 23.9 Å². The minimum absolute atomic E-state index is 0. The molecule has 0 saturated heterocycles. The Labute approximate surface area is 119 Å². The number of hydrogen-bond donors (Lipinski definition) is 1. The zero-order valence-electron chi connectivity index (χ0n) is 11.0. The maximum absolute atomic E-state index is 6.00. The van der Waals surface area contributed by atoms with Gasteiger partial charge in [-0.3, -0.25) is 0 Å². The molecule has 2 aromatic carbocycles. The Morgan fingerprint density at radius 3 is 2.26 bits per heavy atom.